The van der Waals surface area contributed by atoms with E-state index < -0.39 is 17.0 Å². The van der Waals surface area contributed by atoms with Crippen molar-refractivity contribution in [1.82, 2.24) is 4.72 Å². The number of aliphatic carboxylic acids is 1. The van der Waals surface area contributed by atoms with Gasteiger partial charge in [-0.3, -0.25) is 4.79 Å². The number of halogens is 1. The molecule has 134 valence electrons. The van der Waals surface area contributed by atoms with E-state index in [-0.39, 0.29) is 12.2 Å². The molecule has 3 aromatic carbocycles. The van der Waals surface area contributed by atoms with Crippen LogP contribution in [-0.4, -0.2) is 22.3 Å². The predicted molar refractivity (Wildman–Crippen MR) is 100.0 cm³/mol. The molecule has 26 heavy (non-hydrogen) atoms. The molecule has 0 aliphatic rings. The maximum absolute atomic E-state index is 13.7. The Hall–Kier alpha value is -2.57. The highest BCUT2D eigenvalue weighted by molar-refractivity contribution is 7.83. The average Bonchev–Trinajstić information content (AvgIpc) is 2.62. The fourth-order valence-electron chi connectivity index (χ4n) is 2.97. The van der Waals surface area contributed by atoms with Crippen LogP contribution >= 0.6 is 0 Å². The minimum atomic E-state index is -1.25. The van der Waals surface area contributed by atoms with E-state index in [2.05, 4.69) is 4.72 Å². The van der Waals surface area contributed by atoms with Crippen LogP contribution in [0.5, 0.6) is 0 Å². The summed E-state index contributed by atoms with van der Waals surface area (Å²) in [6.45, 7) is 0. The first-order valence-electron chi connectivity index (χ1n) is 8.07. The Morgan fingerprint density at radius 1 is 1.08 bits per heavy atom. The molecule has 1 unspecified atom stereocenters. The Kier molecular flexibility index (Phi) is 5.44. The van der Waals surface area contributed by atoms with Crippen LogP contribution < -0.4 is 4.72 Å². The maximum atomic E-state index is 13.7. The van der Waals surface area contributed by atoms with Crippen LogP contribution in [0.2, 0.25) is 0 Å². The van der Waals surface area contributed by atoms with E-state index in [9.17, 15) is 13.4 Å². The molecule has 0 aromatic heterocycles. The first-order valence-corrected chi connectivity index (χ1v) is 9.22. The van der Waals surface area contributed by atoms with E-state index in [1.165, 1.54) is 12.1 Å². The average molecular weight is 371 g/mol. The van der Waals surface area contributed by atoms with Crippen LogP contribution in [0, 0.1) is 5.82 Å². The summed E-state index contributed by atoms with van der Waals surface area (Å²) in [7, 11) is 0.378. The summed E-state index contributed by atoms with van der Waals surface area (Å²) in [5.74, 6) is -1.24. The fraction of sp³-hybridized carbons (Fsp3) is 0.150. The number of hydrogen-bond acceptors (Lipinski definition) is 2. The number of nitrogens with one attached hydrogen (secondary N) is 1. The smallest absolute Gasteiger partial charge is 0.307 e. The zero-order valence-electron chi connectivity index (χ0n) is 14.2. The highest BCUT2D eigenvalue weighted by Gasteiger charge is 2.10. The van der Waals surface area contributed by atoms with E-state index in [0.717, 1.165) is 21.9 Å². The summed E-state index contributed by atoms with van der Waals surface area (Å²) in [6, 6.07) is 15.4. The van der Waals surface area contributed by atoms with Crippen LogP contribution in [-0.2, 0) is 28.6 Å². The number of carbonyl (C=O) groups is 1. The topological polar surface area (TPSA) is 66.4 Å². The van der Waals surface area contributed by atoms with Crippen LogP contribution in [0.15, 0.2) is 59.5 Å². The minimum Gasteiger partial charge on any atom is -0.481 e. The van der Waals surface area contributed by atoms with E-state index in [0.29, 0.717) is 16.9 Å². The van der Waals surface area contributed by atoms with Crippen molar-refractivity contribution >= 4 is 27.7 Å². The highest BCUT2D eigenvalue weighted by atomic mass is 32.2. The highest BCUT2D eigenvalue weighted by Crippen LogP contribution is 2.25. The summed E-state index contributed by atoms with van der Waals surface area (Å²) in [5.41, 5.74) is 2.51. The largest absolute Gasteiger partial charge is 0.481 e. The van der Waals surface area contributed by atoms with E-state index in [1.54, 1.807) is 31.3 Å². The van der Waals surface area contributed by atoms with Gasteiger partial charge < -0.3 is 5.11 Å². The zero-order valence-corrected chi connectivity index (χ0v) is 15.0. The predicted octanol–water partition coefficient (Wildman–Crippen LogP) is 3.44. The molecule has 0 fully saturated rings. The van der Waals surface area contributed by atoms with E-state index in [1.807, 2.05) is 18.2 Å². The molecule has 6 heteroatoms. The lowest BCUT2D eigenvalue weighted by Crippen LogP contribution is -2.10. The van der Waals surface area contributed by atoms with Crippen molar-refractivity contribution in [2.24, 2.45) is 0 Å². The Labute approximate surface area is 153 Å². The quantitative estimate of drug-likeness (QED) is 0.698. The SMILES string of the molecule is CNS(=O)c1ccc(Cc2cc(CC(=O)O)cc3ccc(F)cc23)cc1. The molecule has 2 N–H and O–H groups in total. The van der Waals surface area contributed by atoms with E-state index >= 15 is 0 Å². The zero-order chi connectivity index (χ0) is 18.7. The summed E-state index contributed by atoms with van der Waals surface area (Å²) in [6.07, 6.45) is 0.445. The number of benzene rings is 3. The van der Waals surface area contributed by atoms with Crippen molar-refractivity contribution in [3.05, 3.63) is 77.1 Å². The lowest BCUT2D eigenvalue weighted by molar-refractivity contribution is -0.136. The number of fused-ring (bicyclic) bond motifs is 1. The second-order valence-electron chi connectivity index (χ2n) is 5.98. The van der Waals surface area contributed by atoms with Gasteiger partial charge in [-0.1, -0.05) is 30.3 Å². The first kappa shape index (κ1) is 18.2. The van der Waals surface area contributed by atoms with Gasteiger partial charge in [-0.15, -0.1) is 0 Å². The fourth-order valence-corrected chi connectivity index (χ4v) is 3.59. The molecule has 0 spiro atoms. The van der Waals surface area contributed by atoms with Crippen molar-refractivity contribution in [3.63, 3.8) is 0 Å². The van der Waals surface area contributed by atoms with Gasteiger partial charge >= 0.3 is 5.97 Å². The van der Waals surface area contributed by atoms with Crippen LogP contribution in [0.4, 0.5) is 4.39 Å². The van der Waals surface area contributed by atoms with Gasteiger partial charge in [0.25, 0.3) is 0 Å². The van der Waals surface area contributed by atoms with Crippen molar-refractivity contribution < 1.29 is 18.5 Å². The third-order valence-corrected chi connectivity index (χ3v) is 5.21. The van der Waals surface area contributed by atoms with Crippen molar-refractivity contribution in [2.75, 3.05) is 7.05 Å². The number of carboxylic acid groups (broad SMARTS) is 1. The van der Waals surface area contributed by atoms with Crippen molar-refractivity contribution in [2.45, 2.75) is 17.7 Å². The van der Waals surface area contributed by atoms with Gasteiger partial charge in [0.15, 0.2) is 0 Å². The monoisotopic (exact) mass is 371 g/mol. The van der Waals surface area contributed by atoms with Crippen molar-refractivity contribution in [3.8, 4) is 0 Å². The van der Waals surface area contributed by atoms with Gasteiger partial charge in [-0.25, -0.2) is 13.3 Å². The molecule has 0 heterocycles. The van der Waals surface area contributed by atoms with Crippen LogP contribution in [0.3, 0.4) is 0 Å². The summed E-state index contributed by atoms with van der Waals surface area (Å²) in [5, 5.41) is 10.7. The third-order valence-electron chi connectivity index (χ3n) is 4.13. The number of hydrogen-bond donors (Lipinski definition) is 2. The molecular formula is C20H18FNO3S. The molecule has 0 saturated carbocycles. The second kappa shape index (κ2) is 7.76. The molecule has 4 nitrogen and oxygen atoms in total. The molecule has 0 bridgehead atoms. The molecule has 0 amide bonds. The van der Waals surface area contributed by atoms with E-state index in [4.69, 9.17) is 5.11 Å². The standard InChI is InChI=1S/C20H18FNO3S/c1-22-26(25)18-6-2-13(3-7-18)8-16-10-14(11-20(23)24)9-15-4-5-17(21)12-19(15)16/h2-7,9-10,12,22H,8,11H2,1H3,(H,23,24). The van der Waals surface area contributed by atoms with Gasteiger partial charge in [0.1, 0.15) is 16.8 Å². The number of carboxylic acids is 1. The Morgan fingerprint density at radius 2 is 1.81 bits per heavy atom. The number of rotatable bonds is 6. The Balaban J connectivity index is 2.00. The molecule has 3 rings (SSSR count). The van der Waals surface area contributed by atoms with Crippen molar-refractivity contribution in [1.29, 1.82) is 0 Å². The molecule has 0 aliphatic carbocycles. The lowest BCUT2D eigenvalue weighted by atomic mass is 9.95. The normalized spacial score (nSPS) is 12.2. The van der Waals surface area contributed by atoms with Crippen LogP contribution in [0.25, 0.3) is 10.8 Å². The molecule has 3 aromatic rings. The summed E-state index contributed by atoms with van der Waals surface area (Å²) in [4.78, 5) is 11.7. The van der Waals surface area contributed by atoms with Gasteiger partial charge in [0.2, 0.25) is 0 Å². The molecule has 0 aliphatic heterocycles. The van der Waals surface area contributed by atoms with Crippen LogP contribution in [0.1, 0.15) is 16.7 Å². The minimum absolute atomic E-state index is 0.0829. The Morgan fingerprint density at radius 3 is 2.46 bits per heavy atom. The molecule has 1 atom stereocenters. The first-order chi connectivity index (χ1) is 12.5. The summed E-state index contributed by atoms with van der Waals surface area (Å²) >= 11 is 0. The Bertz CT molecular complexity index is 986. The van der Waals surface area contributed by atoms with Gasteiger partial charge in [-0.05, 0) is 65.2 Å². The molecule has 0 radical (unpaired) electrons. The third kappa shape index (κ3) is 4.15. The second-order valence-corrected chi connectivity index (χ2v) is 7.40. The van der Waals surface area contributed by atoms with Gasteiger partial charge in [-0.2, -0.15) is 0 Å². The van der Waals surface area contributed by atoms with Gasteiger partial charge in [0.05, 0.1) is 11.3 Å². The maximum Gasteiger partial charge on any atom is 0.307 e. The molecule has 0 saturated heterocycles. The molecular weight excluding hydrogens is 353 g/mol. The lowest BCUT2D eigenvalue weighted by Gasteiger charge is -2.11. The van der Waals surface area contributed by atoms with Gasteiger partial charge in [0, 0.05) is 0 Å². The summed E-state index contributed by atoms with van der Waals surface area (Å²) < 4.78 is 28.1.